The van der Waals surface area contributed by atoms with Crippen LogP contribution in [0.2, 0.25) is 0 Å². The molecule has 2 amide bonds. The molecule has 2 rings (SSSR count). The molecule has 1 aliphatic carbocycles. The molecular weight excluding hydrogens is 280 g/mol. The second-order valence-corrected chi connectivity index (χ2v) is 8.09. The van der Waals surface area contributed by atoms with E-state index in [1.54, 1.807) is 11.8 Å². The molecule has 0 aromatic rings. The highest BCUT2D eigenvalue weighted by atomic mass is 32.2. The third-order valence-electron chi connectivity index (χ3n) is 4.25. The summed E-state index contributed by atoms with van der Waals surface area (Å²) >= 11 is 0. The molecule has 1 spiro atoms. The Morgan fingerprint density at radius 2 is 1.90 bits per heavy atom. The van der Waals surface area contributed by atoms with E-state index in [4.69, 9.17) is 0 Å². The van der Waals surface area contributed by atoms with Crippen LogP contribution >= 0.6 is 0 Å². The maximum atomic E-state index is 12.6. The van der Waals surface area contributed by atoms with Crippen LogP contribution in [-0.4, -0.2) is 55.3 Å². The number of rotatable bonds is 4. The number of sulfone groups is 1. The molecule has 1 saturated heterocycles. The number of hydrogen-bond acceptors (Lipinski definition) is 4. The lowest BCUT2D eigenvalue weighted by Gasteiger charge is -2.31. The molecule has 1 saturated carbocycles. The van der Waals surface area contributed by atoms with Gasteiger partial charge in [0.25, 0.3) is 0 Å². The van der Waals surface area contributed by atoms with Gasteiger partial charge in [0, 0.05) is 25.3 Å². The Balaban J connectivity index is 2.12. The van der Waals surface area contributed by atoms with Gasteiger partial charge in [-0.1, -0.05) is 19.8 Å². The summed E-state index contributed by atoms with van der Waals surface area (Å²) in [6, 6.07) is 0. The molecule has 1 heterocycles. The number of carbonyl (C=O) groups excluding carboxylic acids is 2. The van der Waals surface area contributed by atoms with E-state index in [1.807, 2.05) is 0 Å². The Hall–Kier alpha value is -1.11. The summed E-state index contributed by atoms with van der Waals surface area (Å²) in [4.78, 5) is 26.0. The highest BCUT2D eigenvalue weighted by molar-refractivity contribution is 7.91. The molecule has 7 heteroatoms. The van der Waals surface area contributed by atoms with Crippen LogP contribution in [0.1, 0.15) is 39.0 Å². The zero-order valence-electron chi connectivity index (χ0n) is 11.9. The quantitative estimate of drug-likeness (QED) is 0.797. The highest BCUT2D eigenvalue weighted by Gasteiger charge is 2.46. The monoisotopic (exact) mass is 302 g/mol. The molecule has 6 nitrogen and oxygen atoms in total. The fourth-order valence-corrected chi connectivity index (χ4v) is 3.74. The van der Waals surface area contributed by atoms with Crippen LogP contribution in [0.5, 0.6) is 0 Å². The van der Waals surface area contributed by atoms with Gasteiger partial charge in [0.05, 0.1) is 5.75 Å². The average Bonchev–Trinajstić information content (AvgIpc) is 2.83. The first-order chi connectivity index (χ1) is 9.38. The Kier molecular flexibility index (Phi) is 4.36. The molecule has 0 bridgehead atoms. The molecule has 114 valence electrons. The first kappa shape index (κ1) is 15.3. The average molecular weight is 302 g/mol. The number of nitrogens with one attached hydrogen (secondary N) is 1. The zero-order valence-corrected chi connectivity index (χ0v) is 12.7. The first-order valence-corrected chi connectivity index (χ1v) is 9.01. The van der Waals surface area contributed by atoms with Crippen molar-refractivity contribution in [3.8, 4) is 0 Å². The van der Waals surface area contributed by atoms with Crippen LogP contribution in [0.3, 0.4) is 0 Å². The first-order valence-electron chi connectivity index (χ1n) is 7.19. The number of hydrogen-bond donors (Lipinski definition) is 1. The van der Waals surface area contributed by atoms with Crippen LogP contribution < -0.4 is 5.32 Å². The molecule has 2 aliphatic rings. The molecule has 1 aliphatic heterocycles. The molecule has 20 heavy (non-hydrogen) atoms. The minimum atomic E-state index is -3.10. The molecule has 0 atom stereocenters. The minimum absolute atomic E-state index is 0.0283. The van der Waals surface area contributed by atoms with Gasteiger partial charge >= 0.3 is 0 Å². The van der Waals surface area contributed by atoms with E-state index < -0.39 is 15.4 Å². The Morgan fingerprint density at radius 3 is 2.50 bits per heavy atom. The molecule has 0 radical (unpaired) electrons. The lowest BCUT2D eigenvalue weighted by Crippen LogP contribution is -2.55. The van der Waals surface area contributed by atoms with Gasteiger partial charge < -0.3 is 10.2 Å². The summed E-state index contributed by atoms with van der Waals surface area (Å²) < 4.78 is 23.2. The maximum absolute atomic E-state index is 12.6. The van der Waals surface area contributed by atoms with E-state index in [2.05, 4.69) is 5.32 Å². The summed E-state index contributed by atoms with van der Waals surface area (Å²) in [5.74, 6) is -0.162. The predicted molar refractivity (Wildman–Crippen MR) is 74.9 cm³/mol. The summed E-state index contributed by atoms with van der Waals surface area (Å²) in [5.41, 5.74) is -0.774. The van der Waals surface area contributed by atoms with Gasteiger partial charge in [0.2, 0.25) is 11.8 Å². The molecule has 0 aromatic carbocycles. The van der Waals surface area contributed by atoms with Crippen molar-refractivity contribution in [3.05, 3.63) is 0 Å². The smallest absolute Gasteiger partial charge is 0.248 e. The highest BCUT2D eigenvalue weighted by Crippen LogP contribution is 2.32. The second kappa shape index (κ2) is 5.71. The van der Waals surface area contributed by atoms with Gasteiger partial charge in [0.15, 0.2) is 9.84 Å². The predicted octanol–water partition coefficient (Wildman–Crippen LogP) is 0.0824. The largest absolute Gasteiger partial charge is 0.342 e. The molecule has 2 fully saturated rings. The van der Waals surface area contributed by atoms with Crippen LogP contribution in [0, 0.1) is 0 Å². The van der Waals surface area contributed by atoms with Crippen LogP contribution in [0.25, 0.3) is 0 Å². The van der Waals surface area contributed by atoms with E-state index in [-0.39, 0.29) is 36.3 Å². The van der Waals surface area contributed by atoms with Crippen molar-refractivity contribution in [2.45, 2.75) is 44.6 Å². The lowest BCUT2D eigenvalue weighted by atomic mass is 9.96. The Bertz CT molecular complexity index is 495. The van der Waals surface area contributed by atoms with E-state index in [9.17, 15) is 18.0 Å². The second-order valence-electron chi connectivity index (χ2n) is 5.62. The van der Waals surface area contributed by atoms with Crippen molar-refractivity contribution in [2.75, 3.05) is 24.6 Å². The molecular formula is C13H22N2O4S. The maximum Gasteiger partial charge on any atom is 0.248 e. The number of amides is 2. The lowest BCUT2D eigenvalue weighted by molar-refractivity contribution is -0.138. The van der Waals surface area contributed by atoms with Crippen LogP contribution in [0.15, 0.2) is 0 Å². The molecule has 1 N–H and O–H groups in total. The van der Waals surface area contributed by atoms with Gasteiger partial charge in [-0.05, 0) is 12.8 Å². The van der Waals surface area contributed by atoms with Crippen molar-refractivity contribution >= 4 is 21.7 Å². The SMILES string of the molecule is CCS(=O)(=O)CCN1CCC(=O)NC2(CCCC2)C1=O. The van der Waals surface area contributed by atoms with Crippen molar-refractivity contribution in [2.24, 2.45) is 0 Å². The molecule has 0 unspecified atom stereocenters. The Labute approximate surface area is 119 Å². The summed E-state index contributed by atoms with van der Waals surface area (Å²) in [5, 5.41) is 2.87. The van der Waals surface area contributed by atoms with E-state index >= 15 is 0 Å². The van der Waals surface area contributed by atoms with E-state index in [0.717, 1.165) is 12.8 Å². The van der Waals surface area contributed by atoms with Crippen molar-refractivity contribution in [3.63, 3.8) is 0 Å². The number of carbonyl (C=O) groups is 2. The van der Waals surface area contributed by atoms with Gasteiger partial charge in [-0.15, -0.1) is 0 Å². The third-order valence-corrected chi connectivity index (χ3v) is 5.94. The topological polar surface area (TPSA) is 83.6 Å². The van der Waals surface area contributed by atoms with Crippen LogP contribution in [-0.2, 0) is 19.4 Å². The van der Waals surface area contributed by atoms with Crippen LogP contribution in [0.4, 0.5) is 0 Å². The van der Waals surface area contributed by atoms with Gasteiger partial charge in [0.1, 0.15) is 5.54 Å². The summed E-state index contributed by atoms with van der Waals surface area (Å²) in [7, 11) is -3.10. The van der Waals surface area contributed by atoms with E-state index in [0.29, 0.717) is 19.4 Å². The minimum Gasteiger partial charge on any atom is -0.342 e. The standard InChI is InChI=1S/C13H22N2O4S/c1-2-20(18,19)10-9-15-8-5-11(16)14-13(12(15)17)6-3-4-7-13/h2-10H2,1H3,(H,14,16). The molecule has 0 aromatic heterocycles. The van der Waals surface area contributed by atoms with Gasteiger partial charge in [-0.25, -0.2) is 8.42 Å². The fourth-order valence-electron chi connectivity index (χ4n) is 2.95. The summed E-state index contributed by atoms with van der Waals surface area (Å²) in [6.07, 6.45) is 3.42. The third kappa shape index (κ3) is 3.13. The summed E-state index contributed by atoms with van der Waals surface area (Å²) in [6.45, 7) is 2.10. The Morgan fingerprint density at radius 1 is 1.25 bits per heavy atom. The van der Waals surface area contributed by atoms with Gasteiger partial charge in [-0.3, -0.25) is 9.59 Å². The normalized spacial score (nSPS) is 22.9. The fraction of sp³-hybridized carbons (Fsp3) is 0.846. The van der Waals surface area contributed by atoms with Gasteiger partial charge in [-0.2, -0.15) is 0 Å². The van der Waals surface area contributed by atoms with Crippen molar-refractivity contribution in [1.29, 1.82) is 0 Å². The van der Waals surface area contributed by atoms with E-state index in [1.165, 1.54) is 0 Å². The number of nitrogens with zero attached hydrogens (tertiary/aromatic N) is 1. The van der Waals surface area contributed by atoms with Crippen molar-refractivity contribution in [1.82, 2.24) is 10.2 Å². The van der Waals surface area contributed by atoms with Crippen molar-refractivity contribution < 1.29 is 18.0 Å². The zero-order chi connectivity index (χ0) is 14.8.